The van der Waals surface area contributed by atoms with Crippen LogP contribution in [-0.2, 0) is 26.2 Å². The van der Waals surface area contributed by atoms with Crippen molar-refractivity contribution in [2.75, 3.05) is 31.1 Å². The van der Waals surface area contributed by atoms with Crippen molar-refractivity contribution in [3.8, 4) is 0 Å². The van der Waals surface area contributed by atoms with Crippen LogP contribution in [0.4, 0.5) is 10.5 Å². The zero-order chi connectivity index (χ0) is 21.5. The monoisotopic (exact) mass is 413 g/mol. The number of anilines is 1. The highest BCUT2D eigenvalue weighted by Crippen LogP contribution is 2.49. The van der Waals surface area contributed by atoms with Gasteiger partial charge in [-0.05, 0) is 82.2 Å². The first-order chi connectivity index (χ1) is 14.2. The number of likely N-dealkylation sites (tertiary alicyclic amines) is 1. The van der Waals surface area contributed by atoms with Gasteiger partial charge >= 0.3 is 12.0 Å². The van der Waals surface area contributed by atoms with E-state index < -0.39 is 5.60 Å². The summed E-state index contributed by atoms with van der Waals surface area (Å²) < 4.78 is 5.47. The zero-order valence-electron chi connectivity index (χ0n) is 18.1. The fraction of sp³-hybridized carbons (Fsp3) is 0.609. The van der Waals surface area contributed by atoms with Crippen LogP contribution in [0.5, 0.6) is 0 Å². The standard InChI is InChI=1S/C23H31N3O4/c1-22(2,3)30-20(28)15-25-13-10-23(11-14-25)9-7-16-17(23)5-4-6-18(16)26-12-8-19(27)24-21(26)29/h4-6H,7-15H2,1-3H3,(H,24,27,29). The van der Waals surface area contributed by atoms with E-state index in [4.69, 9.17) is 4.74 Å². The molecular weight excluding hydrogens is 382 g/mol. The summed E-state index contributed by atoms with van der Waals surface area (Å²) in [6, 6.07) is 5.89. The molecule has 7 nitrogen and oxygen atoms in total. The molecule has 2 saturated heterocycles. The average Bonchev–Trinajstić information content (AvgIpc) is 3.01. The Kier molecular flexibility index (Phi) is 5.34. The van der Waals surface area contributed by atoms with Gasteiger partial charge in [0.1, 0.15) is 5.60 Å². The van der Waals surface area contributed by atoms with Crippen molar-refractivity contribution in [3.05, 3.63) is 29.3 Å². The lowest BCUT2D eigenvalue weighted by Gasteiger charge is -2.40. The molecule has 1 aromatic rings. The predicted molar refractivity (Wildman–Crippen MR) is 113 cm³/mol. The first-order valence-corrected chi connectivity index (χ1v) is 10.8. The molecule has 30 heavy (non-hydrogen) atoms. The van der Waals surface area contributed by atoms with E-state index in [0.29, 0.717) is 19.5 Å². The Morgan fingerprint density at radius 3 is 2.50 bits per heavy atom. The van der Waals surface area contributed by atoms with Crippen molar-refractivity contribution >= 4 is 23.6 Å². The minimum atomic E-state index is -0.458. The third kappa shape index (κ3) is 4.08. The van der Waals surface area contributed by atoms with Gasteiger partial charge in [0.2, 0.25) is 5.91 Å². The highest BCUT2D eigenvalue weighted by molar-refractivity contribution is 6.06. The Hall–Kier alpha value is -2.41. The largest absolute Gasteiger partial charge is 0.459 e. The summed E-state index contributed by atoms with van der Waals surface area (Å²) in [7, 11) is 0. The van der Waals surface area contributed by atoms with Crippen LogP contribution in [0.3, 0.4) is 0 Å². The molecule has 0 unspecified atom stereocenters. The maximum atomic E-state index is 12.4. The number of hydrogen-bond donors (Lipinski definition) is 1. The summed E-state index contributed by atoms with van der Waals surface area (Å²) in [6.07, 6.45) is 4.33. The molecule has 0 aromatic heterocycles. The molecule has 0 saturated carbocycles. The van der Waals surface area contributed by atoms with E-state index in [1.54, 1.807) is 4.90 Å². The highest BCUT2D eigenvalue weighted by atomic mass is 16.6. The zero-order valence-corrected chi connectivity index (χ0v) is 18.1. The lowest BCUT2D eigenvalue weighted by atomic mass is 9.74. The van der Waals surface area contributed by atoms with Gasteiger partial charge in [0.15, 0.2) is 0 Å². The number of benzene rings is 1. The Balaban J connectivity index is 1.46. The molecule has 1 aliphatic carbocycles. The summed E-state index contributed by atoms with van der Waals surface area (Å²) in [4.78, 5) is 39.9. The van der Waals surface area contributed by atoms with Crippen molar-refractivity contribution in [2.45, 2.75) is 63.9 Å². The predicted octanol–water partition coefficient (Wildman–Crippen LogP) is 2.75. The number of fused-ring (bicyclic) bond motifs is 2. The normalized spacial score (nSPS) is 21.5. The number of imide groups is 1. The summed E-state index contributed by atoms with van der Waals surface area (Å²) >= 11 is 0. The van der Waals surface area contributed by atoms with Crippen molar-refractivity contribution in [1.29, 1.82) is 0 Å². The third-order valence-corrected chi connectivity index (χ3v) is 6.51. The number of amides is 3. The molecule has 1 spiro atoms. The highest BCUT2D eigenvalue weighted by Gasteiger charge is 2.43. The maximum Gasteiger partial charge on any atom is 0.328 e. The summed E-state index contributed by atoms with van der Waals surface area (Å²) in [6.45, 7) is 8.16. The molecule has 162 valence electrons. The molecule has 2 aliphatic heterocycles. The molecule has 3 aliphatic rings. The van der Waals surface area contributed by atoms with Gasteiger partial charge in [-0.2, -0.15) is 0 Å². The third-order valence-electron chi connectivity index (χ3n) is 6.51. The van der Waals surface area contributed by atoms with Crippen molar-refractivity contribution in [3.63, 3.8) is 0 Å². The quantitative estimate of drug-likeness (QED) is 0.771. The van der Waals surface area contributed by atoms with Crippen LogP contribution >= 0.6 is 0 Å². The van der Waals surface area contributed by atoms with E-state index >= 15 is 0 Å². The van der Waals surface area contributed by atoms with Gasteiger partial charge in [-0.15, -0.1) is 0 Å². The first kappa shape index (κ1) is 20.8. The molecule has 7 heteroatoms. The minimum absolute atomic E-state index is 0.109. The molecule has 1 N–H and O–H groups in total. The molecule has 0 radical (unpaired) electrons. The van der Waals surface area contributed by atoms with Gasteiger partial charge in [-0.3, -0.25) is 24.7 Å². The van der Waals surface area contributed by atoms with Crippen LogP contribution in [0.2, 0.25) is 0 Å². The fourth-order valence-electron chi connectivity index (χ4n) is 5.09. The SMILES string of the molecule is CC(C)(C)OC(=O)CN1CCC2(CCc3c(N4CCC(=O)NC4=O)cccc32)CC1. The average molecular weight is 414 g/mol. The molecule has 0 bridgehead atoms. The topological polar surface area (TPSA) is 79.0 Å². The second kappa shape index (κ2) is 7.69. The van der Waals surface area contributed by atoms with Crippen LogP contribution < -0.4 is 10.2 Å². The molecule has 2 fully saturated rings. The summed E-state index contributed by atoms with van der Waals surface area (Å²) in [5.74, 6) is -0.379. The lowest BCUT2D eigenvalue weighted by Crippen LogP contribution is -2.50. The van der Waals surface area contributed by atoms with Gasteiger partial charge in [-0.25, -0.2) is 4.79 Å². The number of rotatable bonds is 3. The Morgan fingerprint density at radius 2 is 1.83 bits per heavy atom. The van der Waals surface area contributed by atoms with Crippen LogP contribution in [-0.4, -0.2) is 54.6 Å². The molecule has 0 atom stereocenters. The van der Waals surface area contributed by atoms with Crippen LogP contribution in [0, 0.1) is 0 Å². The number of ether oxygens (including phenoxy) is 1. The van der Waals surface area contributed by atoms with Crippen molar-refractivity contribution < 1.29 is 19.1 Å². The van der Waals surface area contributed by atoms with Crippen LogP contribution in [0.25, 0.3) is 0 Å². The second-order valence-electron chi connectivity index (χ2n) is 9.70. The number of hydrogen-bond acceptors (Lipinski definition) is 5. The lowest BCUT2D eigenvalue weighted by molar-refractivity contribution is -0.156. The Bertz CT molecular complexity index is 866. The molecule has 4 rings (SSSR count). The minimum Gasteiger partial charge on any atom is -0.459 e. The first-order valence-electron chi connectivity index (χ1n) is 10.8. The number of esters is 1. The number of urea groups is 1. The second-order valence-corrected chi connectivity index (χ2v) is 9.70. The van der Waals surface area contributed by atoms with Crippen molar-refractivity contribution in [1.82, 2.24) is 10.2 Å². The molecule has 2 heterocycles. The van der Waals surface area contributed by atoms with E-state index in [1.807, 2.05) is 32.9 Å². The van der Waals surface area contributed by atoms with Crippen LogP contribution in [0.1, 0.15) is 57.6 Å². The Morgan fingerprint density at radius 1 is 1.10 bits per heavy atom. The number of nitrogens with one attached hydrogen (secondary N) is 1. The smallest absolute Gasteiger partial charge is 0.328 e. The number of nitrogens with zero attached hydrogens (tertiary/aromatic N) is 2. The van der Waals surface area contributed by atoms with Gasteiger partial charge in [-0.1, -0.05) is 12.1 Å². The number of carbonyl (C=O) groups excluding carboxylic acids is 3. The summed E-state index contributed by atoms with van der Waals surface area (Å²) in [5, 5.41) is 2.43. The molecule has 3 amide bonds. The van der Waals surface area contributed by atoms with E-state index in [-0.39, 0.29) is 23.3 Å². The number of carbonyl (C=O) groups is 3. The fourth-order valence-corrected chi connectivity index (χ4v) is 5.09. The number of piperidine rings is 1. The van der Waals surface area contributed by atoms with Crippen molar-refractivity contribution in [2.24, 2.45) is 0 Å². The van der Waals surface area contributed by atoms with Gasteiger partial charge in [0.25, 0.3) is 0 Å². The van der Waals surface area contributed by atoms with Gasteiger partial charge < -0.3 is 4.74 Å². The summed E-state index contributed by atoms with van der Waals surface area (Å²) in [5.41, 5.74) is 3.16. The maximum absolute atomic E-state index is 12.4. The molecule has 1 aromatic carbocycles. The van der Waals surface area contributed by atoms with Gasteiger partial charge in [0.05, 0.1) is 6.54 Å². The van der Waals surface area contributed by atoms with E-state index in [1.165, 1.54) is 11.1 Å². The van der Waals surface area contributed by atoms with E-state index in [0.717, 1.165) is 44.5 Å². The van der Waals surface area contributed by atoms with Crippen LogP contribution in [0.15, 0.2) is 18.2 Å². The Labute approximate surface area is 177 Å². The molecular formula is C23H31N3O4. The van der Waals surface area contributed by atoms with E-state index in [2.05, 4.69) is 16.3 Å². The van der Waals surface area contributed by atoms with E-state index in [9.17, 15) is 14.4 Å². The van der Waals surface area contributed by atoms with Gasteiger partial charge in [0, 0.05) is 18.7 Å².